The van der Waals surface area contributed by atoms with E-state index in [1.165, 1.54) is 6.42 Å². The number of thiophene rings is 1. The molecule has 2 aromatic heterocycles. The molecule has 4 rings (SSSR count). The van der Waals surface area contributed by atoms with Gasteiger partial charge in [0, 0.05) is 27.0 Å². The van der Waals surface area contributed by atoms with Crippen LogP contribution in [0.2, 0.25) is 0 Å². The lowest BCUT2D eigenvalue weighted by Gasteiger charge is -2.20. The van der Waals surface area contributed by atoms with Crippen LogP contribution in [0.4, 0.5) is 5.69 Å². The normalized spacial score (nSPS) is 15.0. The first-order valence-electron chi connectivity index (χ1n) is 8.14. The van der Waals surface area contributed by atoms with Crippen molar-refractivity contribution in [3.8, 4) is 11.4 Å². The van der Waals surface area contributed by atoms with Gasteiger partial charge >= 0.3 is 0 Å². The summed E-state index contributed by atoms with van der Waals surface area (Å²) in [5.74, 6) is 1.43. The lowest BCUT2D eigenvalue weighted by Crippen LogP contribution is -2.11. The Morgan fingerprint density at radius 1 is 1.31 bits per heavy atom. The maximum Gasteiger partial charge on any atom is 0.271 e. The van der Waals surface area contributed by atoms with Gasteiger partial charge in [-0.3, -0.25) is 4.72 Å². The third-order valence-electron chi connectivity index (χ3n) is 4.40. The van der Waals surface area contributed by atoms with Crippen LogP contribution in [0.1, 0.15) is 36.6 Å². The zero-order chi connectivity index (χ0) is 18.3. The van der Waals surface area contributed by atoms with Gasteiger partial charge in [-0.25, -0.2) is 8.42 Å². The molecule has 136 valence electrons. The summed E-state index contributed by atoms with van der Waals surface area (Å²) in [4.78, 5) is 4.41. The molecule has 0 radical (unpaired) electrons. The zero-order valence-corrected chi connectivity index (χ0v) is 17.1. The molecule has 9 heteroatoms. The third kappa shape index (κ3) is 3.43. The van der Waals surface area contributed by atoms with Crippen LogP contribution >= 0.6 is 27.3 Å². The topological polar surface area (TPSA) is 85.1 Å². The van der Waals surface area contributed by atoms with Crippen molar-refractivity contribution in [3.05, 3.63) is 45.6 Å². The summed E-state index contributed by atoms with van der Waals surface area (Å²) in [6, 6.07) is 6.88. The first kappa shape index (κ1) is 17.7. The number of anilines is 1. The van der Waals surface area contributed by atoms with Gasteiger partial charge in [0.15, 0.2) is 0 Å². The average Bonchev–Trinajstić information content (AvgIpc) is 3.18. The number of halogens is 1. The fraction of sp³-hybridized carbons (Fsp3) is 0.294. The Morgan fingerprint density at radius 3 is 2.81 bits per heavy atom. The van der Waals surface area contributed by atoms with Gasteiger partial charge in [-0.2, -0.15) is 4.98 Å². The highest BCUT2D eigenvalue weighted by Gasteiger charge is 2.26. The Balaban J connectivity index is 1.56. The van der Waals surface area contributed by atoms with E-state index in [1.54, 1.807) is 23.6 Å². The highest BCUT2D eigenvalue weighted by molar-refractivity contribution is 9.10. The molecular weight excluding hydrogens is 438 g/mol. The van der Waals surface area contributed by atoms with E-state index >= 15 is 0 Å². The van der Waals surface area contributed by atoms with Crippen LogP contribution in [0.25, 0.3) is 11.4 Å². The molecule has 1 aliphatic rings. The van der Waals surface area contributed by atoms with Crippen LogP contribution in [0, 0.1) is 6.92 Å². The monoisotopic (exact) mass is 453 g/mol. The zero-order valence-electron chi connectivity index (χ0n) is 13.9. The van der Waals surface area contributed by atoms with Gasteiger partial charge in [0.25, 0.3) is 10.0 Å². The number of rotatable bonds is 5. The fourth-order valence-electron chi connectivity index (χ4n) is 2.66. The molecular formula is C17H16BrN3O3S2. The molecule has 0 unspecified atom stereocenters. The Morgan fingerprint density at radius 2 is 2.12 bits per heavy atom. The summed E-state index contributed by atoms with van der Waals surface area (Å²) < 4.78 is 34.3. The largest absolute Gasteiger partial charge is 0.339 e. The van der Waals surface area contributed by atoms with Crippen molar-refractivity contribution >= 4 is 43.0 Å². The predicted octanol–water partition coefficient (Wildman–Crippen LogP) is 4.94. The Bertz CT molecular complexity index is 1050. The van der Waals surface area contributed by atoms with E-state index in [-0.39, 0.29) is 4.21 Å². The molecule has 0 spiro atoms. The van der Waals surface area contributed by atoms with Gasteiger partial charge in [0.2, 0.25) is 11.7 Å². The van der Waals surface area contributed by atoms with Crippen molar-refractivity contribution in [1.29, 1.82) is 0 Å². The first-order chi connectivity index (χ1) is 12.4. The maximum atomic E-state index is 12.6. The second-order valence-corrected chi connectivity index (χ2v) is 9.98. The Hall–Kier alpha value is -1.71. The van der Waals surface area contributed by atoms with Crippen molar-refractivity contribution in [2.45, 2.75) is 36.3 Å². The number of hydrogen-bond acceptors (Lipinski definition) is 6. The van der Waals surface area contributed by atoms with Crippen LogP contribution < -0.4 is 4.72 Å². The van der Waals surface area contributed by atoms with E-state index in [0.717, 1.165) is 34.2 Å². The van der Waals surface area contributed by atoms with Crippen molar-refractivity contribution in [2.24, 2.45) is 0 Å². The average molecular weight is 454 g/mol. The van der Waals surface area contributed by atoms with Gasteiger partial charge in [0.05, 0.1) is 0 Å². The second-order valence-electron chi connectivity index (χ2n) is 6.31. The van der Waals surface area contributed by atoms with E-state index in [2.05, 4.69) is 30.8 Å². The number of benzene rings is 1. The van der Waals surface area contributed by atoms with Crippen LogP contribution in [0.3, 0.4) is 0 Å². The van der Waals surface area contributed by atoms with E-state index in [0.29, 0.717) is 28.9 Å². The van der Waals surface area contributed by atoms with E-state index in [1.807, 2.05) is 13.0 Å². The number of hydrogen-bond donors (Lipinski definition) is 1. The lowest BCUT2D eigenvalue weighted by molar-refractivity contribution is 0.292. The Kier molecular flexibility index (Phi) is 4.62. The molecule has 2 heterocycles. The number of aromatic nitrogens is 2. The molecule has 6 nitrogen and oxygen atoms in total. The van der Waals surface area contributed by atoms with E-state index in [4.69, 9.17) is 4.52 Å². The minimum atomic E-state index is -3.67. The highest BCUT2D eigenvalue weighted by atomic mass is 79.9. The van der Waals surface area contributed by atoms with Crippen LogP contribution in [0.15, 0.2) is 42.9 Å². The highest BCUT2D eigenvalue weighted by Crippen LogP contribution is 2.36. The standard InChI is InChI=1S/C17H16BrN3O3S2/c1-10-7-13(5-6-14(10)18)21-26(22,23)15-8-12(9-25-15)16-19-17(24-20-16)11-3-2-4-11/h5-9,11,21H,2-4H2,1H3. The molecule has 1 saturated carbocycles. The fourth-order valence-corrected chi connectivity index (χ4v) is 5.12. The lowest BCUT2D eigenvalue weighted by atomic mass is 9.85. The molecule has 0 aliphatic heterocycles. The number of aryl methyl sites for hydroxylation is 1. The van der Waals surface area contributed by atoms with Gasteiger partial charge in [-0.15, -0.1) is 11.3 Å². The smallest absolute Gasteiger partial charge is 0.271 e. The first-order valence-corrected chi connectivity index (χ1v) is 11.3. The van der Waals surface area contributed by atoms with E-state index in [9.17, 15) is 8.42 Å². The minimum absolute atomic E-state index is 0.211. The van der Waals surface area contributed by atoms with Crippen molar-refractivity contribution in [2.75, 3.05) is 4.72 Å². The minimum Gasteiger partial charge on any atom is -0.339 e. The van der Waals surface area contributed by atoms with Crippen molar-refractivity contribution < 1.29 is 12.9 Å². The summed E-state index contributed by atoms with van der Waals surface area (Å²) >= 11 is 4.54. The second kappa shape index (κ2) is 6.79. The summed E-state index contributed by atoms with van der Waals surface area (Å²) in [5.41, 5.74) is 2.12. The van der Waals surface area contributed by atoms with Crippen molar-refractivity contribution in [3.63, 3.8) is 0 Å². The van der Waals surface area contributed by atoms with Gasteiger partial charge < -0.3 is 4.52 Å². The summed E-state index contributed by atoms with van der Waals surface area (Å²) in [5, 5.41) is 5.72. The van der Waals surface area contributed by atoms with Crippen molar-refractivity contribution in [1.82, 2.24) is 10.1 Å². The van der Waals surface area contributed by atoms with Crippen LogP contribution in [-0.2, 0) is 10.0 Å². The van der Waals surface area contributed by atoms with Gasteiger partial charge in [-0.1, -0.05) is 27.5 Å². The molecule has 1 aliphatic carbocycles. The molecule has 0 saturated heterocycles. The molecule has 0 atom stereocenters. The molecule has 26 heavy (non-hydrogen) atoms. The SMILES string of the molecule is Cc1cc(NS(=O)(=O)c2cc(-c3noc(C4CCC4)n3)cs2)ccc1Br. The van der Waals surface area contributed by atoms with Gasteiger partial charge in [-0.05, 0) is 49.6 Å². The molecule has 1 aromatic carbocycles. The number of nitrogens with one attached hydrogen (secondary N) is 1. The maximum absolute atomic E-state index is 12.6. The molecule has 1 N–H and O–H groups in total. The molecule has 1 fully saturated rings. The van der Waals surface area contributed by atoms with E-state index < -0.39 is 10.0 Å². The summed E-state index contributed by atoms with van der Waals surface area (Å²) in [6.07, 6.45) is 3.33. The van der Waals surface area contributed by atoms with Crippen LogP contribution in [-0.4, -0.2) is 18.6 Å². The quantitative estimate of drug-likeness (QED) is 0.591. The number of nitrogens with zero attached hydrogens (tertiary/aromatic N) is 2. The molecule has 0 bridgehead atoms. The van der Waals surface area contributed by atoms with Gasteiger partial charge in [0.1, 0.15) is 4.21 Å². The summed E-state index contributed by atoms with van der Waals surface area (Å²) in [6.45, 7) is 1.90. The Labute approximate surface area is 163 Å². The van der Waals surface area contributed by atoms with Crippen LogP contribution in [0.5, 0.6) is 0 Å². The summed E-state index contributed by atoms with van der Waals surface area (Å²) in [7, 11) is -3.67. The third-order valence-corrected chi connectivity index (χ3v) is 8.12. The predicted molar refractivity (Wildman–Crippen MR) is 104 cm³/mol. The molecule has 0 amide bonds. The number of sulfonamides is 1. The molecule has 3 aromatic rings.